The van der Waals surface area contributed by atoms with Crippen LogP contribution in [0.5, 0.6) is 0 Å². The molecule has 3 aliphatic rings. The smallest absolute Gasteiger partial charge is 0.0677 e. The second kappa shape index (κ2) is 8.77. The summed E-state index contributed by atoms with van der Waals surface area (Å²) in [6.07, 6.45) is 6.19. The molecule has 0 aromatic carbocycles. The number of methoxy groups -OCH3 is 1. The molecule has 134 valence electrons. The van der Waals surface area contributed by atoms with Crippen molar-refractivity contribution in [3.8, 4) is 0 Å². The van der Waals surface area contributed by atoms with E-state index in [9.17, 15) is 0 Å². The van der Waals surface area contributed by atoms with Gasteiger partial charge in [-0.1, -0.05) is 0 Å². The van der Waals surface area contributed by atoms with Crippen molar-refractivity contribution in [3.05, 3.63) is 0 Å². The Morgan fingerprint density at radius 2 is 2.04 bits per heavy atom. The van der Waals surface area contributed by atoms with Gasteiger partial charge in [0, 0.05) is 58.6 Å². The third kappa shape index (κ3) is 4.67. The van der Waals surface area contributed by atoms with Gasteiger partial charge in [-0.2, -0.15) is 0 Å². The largest absolute Gasteiger partial charge is 0.383 e. The molecule has 0 spiro atoms. The maximum Gasteiger partial charge on any atom is 0.0677 e. The lowest BCUT2D eigenvalue weighted by atomic mass is 9.73. The molecule has 5 heteroatoms. The number of ether oxygens (including phenoxy) is 4. The fraction of sp³-hybridized carbons (Fsp3) is 1.00. The van der Waals surface area contributed by atoms with Crippen LogP contribution in [0.4, 0.5) is 0 Å². The van der Waals surface area contributed by atoms with E-state index in [2.05, 4.69) is 4.90 Å². The number of likely N-dealkylation sites (tertiary alicyclic amines) is 1. The average Bonchev–Trinajstić information content (AvgIpc) is 2.60. The van der Waals surface area contributed by atoms with Crippen molar-refractivity contribution in [2.24, 2.45) is 11.3 Å². The van der Waals surface area contributed by atoms with Crippen molar-refractivity contribution in [2.45, 2.75) is 38.2 Å². The van der Waals surface area contributed by atoms with E-state index < -0.39 is 0 Å². The number of nitrogens with zero attached hydrogens (tertiary/aromatic N) is 1. The highest BCUT2D eigenvalue weighted by Gasteiger charge is 2.46. The van der Waals surface area contributed by atoms with E-state index in [4.69, 9.17) is 18.9 Å². The van der Waals surface area contributed by atoms with Crippen LogP contribution in [-0.2, 0) is 18.9 Å². The van der Waals surface area contributed by atoms with Crippen LogP contribution in [0.25, 0.3) is 0 Å². The van der Waals surface area contributed by atoms with Gasteiger partial charge in [-0.3, -0.25) is 0 Å². The van der Waals surface area contributed by atoms with E-state index in [1.807, 2.05) is 0 Å². The van der Waals surface area contributed by atoms with Crippen molar-refractivity contribution < 1.29 is 18.9 Å². The van der Waals surface area contributed by atoms with Crippen molar-refractivity contribution in [1.29, 1.82) is 0 Å². The molecule has 2 atom stereocenters. The summed E-state index contributed by atoms with van der Waals surface area (Å²) in [6, 6.07) is 0. The monoisotopic (exact) mass is 327 g/mol. The Balaban J connectivity index is 1.52. The lowest BCUT2D eigenvalue weighted by molar-refractivity contribution is -0.157. The van der Waals surface area contributed by atoms with Gasteiger partial charge in [0.2, 0.25) is 0 Å². The minimum Gasteiger partial charge on any atom is -0.383 e. The average molecular weight is 327 g/mol. The number of hydrogen-bond acceptors (Lipinski definition) is 5. The molecule has 3 aliphatic heterocycles. The van der Waals surface area contributed by atoms with E-state index in [1.54, 1.807) is 7.11 Å². The summed E-state index contributed by atoms with van der Waals surface area (Å²) in [4.78, 5) is 2.53. The van der Waals surface area contributed by atoms with E-state index in [1.165, 1.54) is 6.42 Å². The first-order chi connectivity index (χ1) is 11.3. The normalized spacial score (nSPS) is 33.5. The highest BCUT2D eigenvalue weighted by Crippen LogP contribution is 2.40. The van der Waals surface area contributed by atoms with Gasteiger partial charge >= 0.3 is 0 Å². The molecule has 0 bridgehead atoms. The van der Waals surface area contributed by atoms with Gasteiger partial charge in [0.05, 0.1) is 19.3 Å². The van der Waals surface area contributed by atoms with Gasteiger partial charge in [0.15, 0.2) is 0 Å². The number of piperidine rings is 1. The molecule has 3 fully saturated rings. The van der Waals surface area contributed by atoms with Crippen LogP contribution in [0.3, 0.4) is 0 Å². The van der Waals surface area contributed by atoms with Crippen LogP contribution in [0.2, 0.25) is 0 Å². The number of rotatable bonds is 7. The van der Waals surface area contributed by atoms with Crippen LogP contribution in [-0.4, -0.2) is 77.4 Å². The maximum atomic E-state index is 6.23. The Labute approximate surface area is 140 Å². The quantitative estimate of drug-likeness (QED) is 0.715. The van der Waals surface area contributed by atoms with Crippen molar-refractivity contribution in [2.75, 3.05) is 66.4 Å². The summed E-state index contributed by atoms with van der Waals surface area (Å²) in [5, 5.41) is 0. The Kier molecular flexibility index (Phi) is 6.72. The van der Waals surface area contributed by atoms with Crippen LogP contribution < -0.4 is 0 Å². The molecule has 3 saturated heterocycles. The van der Waals surface area contributed by atoms with Crippen molar-refractivity contribution in [1.82, 2.24) is 4.90 Å². The Hall–Kier alpha value is -0.200. The first-order valence-electron chi connectivity index (χ1n) is 9.31. The summed E-state index contributed by atoms with van der Waals surface area (Å²) >= 11 is 0. The van der Waals surface area contributed by atoms with Crippen LogP contribution >= 0.6 is 0 Å². The van der Waals surface area contributed by atoms with E-state index >= 15 is 0 Å². The molecule has 0 aliphatic carbocycles. The number of hydrogen-bond donors (Lipinski definition) is 0. The lowest BCUT2D eigenvalue weighted by Crippen LogP contribution is -2.57. The summed E-state index contributed by atoms with van der Waals surface area (Å²) in [5.41, 5.74) is 0.190. The molecule has 0 amide bonds. The molecule has 0 saturated carbocycles. The minimum atomic E-state index is 0.190. The van der Waals surface area contributed by atoms with Crippen molar-refractivity contribution >= 4 is 0 Å². The Morgan fingerprint density at radius 1 is 1.17 bits per heavy atom. The summed E-state index contributed by atoms with van der Waals surface area (Å²) < 4.78 is 23.1. The molecule has 0 radical (unpaired) electrons. The van der Waals surface area contributed by atoms with E-state index in [0.29, 0.717) is 12.0 Å². The van der Waals surface area contributed by atoms with E-state index in [0.717, 1.165) is 85.0 Å². The predicted molar refractivity (Wildman–Crippen MR) is 88.7 cm³/mol. The predicted octanol–water partition coefficient (Wildman–Crippen LogP) is 1.95. The standard InChI is InChI=1S/C18H33NO4/c1-20-12-8-19-7-3-17-18(14-19,6-2-9-23-17)15-22-13-16-4-10-21-11-5-16/h16-17H,2-15H2,1H3. The molecule has 2 unspecified atom stereocenters. The zero-order chi connectivity index (χ0) is 16.0. The first kappa shape index (κ1) is 17.6. The first-order valence-corrected chi connectivity index (χ1v) is 9.31. The highest BCUT2D eigenvalue weighted by atomic mass is 16.5. The molecular formula is C18H33NO4. The summed E-state index contributed by atoms with van der Waals surface area (Å²) in [6.45, 7) is 8.49. The zero-order valence-corrected chi connectivity index (χ0v) is 14.6. The summed E-state index contributed by atoms with van der Waals surface area (Å²) in [5.74, 6) is 0.677. The Morgan fingerprint density at radius 3 is 2.87 bits per heavy atom. The second-order valence-electron chi connectivity index (χ2n) is 7.45. The van der Waals surface area contributed by atoms with Crippen LogP contribution in [0.1, 0.15) is 32.1 Å². The fourth-order valence-corrected chi connectivity index (χ4v) is 4.35. The van der Waals surface area contributed by atoms with Gasteiger partial charge in [-0.15, -0.1) is 0 Å². The third-order valence-electron chi connectivity index (χ3n) is 5.76. The Bertz CT molecular complexity index is 348. The lowest BCUT2D eigenvalue weighted by Gasteiger charge is -2.50. The molecule has 0 N–H and O–H groups in total. The topological polar surface area (TPSA) is 40.2 Å². The highest BCUT2D eigenvalue weighted by molar-refractivity contribution is 4.96. The second-order valence-corrected chi connectivity index (χ2v) is 7.45. The molecular weight excluding hydrogens is 294 g/mol. The molecule has 0 aromatic heterocycles. The zero-order valence-electron chi connectivity index (χ0n) is 14.6. The minimum absolute atomic E-state index is 0.190. The van der Waals surface area contributed by atoms with Gasteiger partial charge in [-0.05, 0) is 38.0 Å². The molecule has 0 aromatic rings. The third-order valence-corrected chi connectivity index (χ3v) is 5.76. The fourth-order valence-electron chi connectivity index (χ4n) is 4.35. The number of fused-ring (bicyclic) bond motifs is 1. The van der Waals surface area contributed by atoms with Crippen LogP contribution in [0.15, 0.2) is 0 Å². The van der Waals surface area contributed by atoms with Gasteiger partial charge in [0.25, 0.3) is 0 Å². The molecule has 23 heavy (non-hydrogen) atoms. The van der Waals surface area contributed by atoms with E-state index in [-0.39, 0.29) is 5.41 Å². The SMILES string of the molecule is COCCN1CCC2OCCCC2(COCC2CCOCC2)C1. The van der Waals surface area contributed by atoms with Crippen molar-refractivity contribution in [3.63, 3.8) is 0 Å². The molecule has 3 heterocycles. The summed E-state index contributed by atoms with van der Waals surface area (Å²) in [7, 11) is 1.78. The molecule has 5 nitrogen and oxygen atoms in total. The van der Waals surface area contributed by atoms with Gasteiger partial charge in [-0.25, -0.2) is 0 Å². The molecule has 3 rings (SSSR count). The van der Waals surface area contributed by atoms with Gasteiger partial charge < -0.3 is 23.8 Å². The van der Waals surface area contributed by atoms with Gasteiger partial charge in [0.1, 0.15) is 0 Å². The van der Waals surface area contributed by atoms with Crippen LogP contribution in [0, 0.1) is 11.3 Å². The maximum absolute atomic E-state index is 6.23.